The van der Waals surface area contributed by atoms with E-state index in [1.807, 2.05) is 29.5 Å². The normalized spacial score (nSPS) is 15.8. The average Bonchev–Trinajstić information content (AvgIpc) is 2.54. The Labute approximate surface area is 126 Å². The van der Waals surface area contributed by atoms with Crippen molar-refractivity contribution in [3.05, 3.63) is 30.1 Å². The number of carbonyl (C=O) groups excluding carboxylic acids is 1. The fourth-order valence-corrected chi connectivity index (χ4v) is 2.34. The molecule has 0 aromatic carbocycles. The lowest BCUT2D eigenvalue weighted by Gasteiger charge is -2.25. The number of nitrogens with one attached hydrogen (secondary N) is 1. The molecule has 1 saturated heterocycles. The van der Waals surface area contributed by atoms with E-state index in [0.717, 1.165) is 57.5 Å². The van der Waals surface area contributed by atoms with Gasteiger partial charge in [0, 0.05) is 37.9 Å². The number of rotatable bonds is 8. The van der Waals surface area contributed by atoms with Gasteiger partial charge >= 0.3 is 0 Å². The number of amides is 1. The Bertz CT molecular complexity index is 405. The number of unbranched alkanes of at least 4 members (excludes halogenated alkanes) is 1. The molecule has 1 fully saturated rings. The van der Waals surface area contributed by atoms with Crippen molar-refractivity contribution < 1.29 is 9.63 Å². The minimum absolute atomic E-state index is 0.113. The van der Waals surface area contributed by atoms with E-state index < -0.39 is 0 Å². The minimum Gasteiger partial charge on any atom is -0.356 e. The third-order valence-electron chi connectivity index (χ3n) is 3.57. The molecule has 0 aliphatic carbocycles. The number of aryl methyl sites for hydroxylation is 1. The number of carbonyl (C=O) groups is 1. The Morgan fingerprint density at radius 3 is 3.05 bits per heavy atom. The SMILES string of the molecule is O=C(CCN1CCCCO1)NCCCCc1ccccn1. The first kappa shape index (κ1) is 15.9. The lowest BCUT2D eigenvalue weighted by atomic mass is 10.2. The van der Waals surface area contributed by atoms with Crippen LogP contribution in [0.2, 0.25) is 0 Å². The number of hydrogen-bond acceptors (Lipinski definition) is 4. The fourth-order valence-electron chi connectivity index (χ4n) is 2.34. The molecule has 0 unspecified atom stereocenters. The van der Waals surface area contributed by atoms with Crippen molar-refractivity contribution in [1.82, 2.24) is 15.4 Å². The molecule has 0 spiro atoms. The van der Waals surface area contributed by atoms with Crippen LogP contribution in [-0.2, 0) is 16.1 Å². The highest BCUT2D eigenvalue weighted by Gasteiger charge is 2.12. The largest absolute Gasteiger partial charge is 0.356 e. The van der Waals surface area contributed by atoms with Gasteiger partial charge in [0.2, 0.25) is 5.91 Å². The zero-order valence-corrected chi connectivity index (χ0v) is 12.6. The third kappa shape index (κ3) is 6.69. The van der Waals surface area contributed by atoms with Crippen molar-refractivity contribution in [2.45, 2.75) is 38.5 Å². The average molecular weight is 291 g/mol. The fraction of sp³-hybridized carbons (Fsp3) is 0.625. The molecule has 1 aliphatic rings. The molecule has 21 heavy (non-hydrogen) atoms. The molecule has 1 N–H and O–H groups in total. The third-order valence-corrected chi connectivity index (χ3v) is 3.57. The molecular weight excluding hydrogens is 266 g/mol. The van der Waals surface area contributed by atoms with Gasteiger partial charge in [-0.05, 0) is 44.2 Å². The van der Waals surface area contributed by atoms with Crippen molar-refractivity contribution in [1.29, 1.82) is 0 Å². The standard InChI is InChI=1S/C16H25N3O2/c20-16(9-13-19-12-5-6-14-21-19)18-11-4-2-8-15-7-1-3-10-17-15/h1,3,7,10H,2,4-6,8-9,11-14H2,(H,18,20). The van der Waals surface area contributed by atoms with Crippen molar-refractivity contribution in [2.75, 3.05) is 26.2 Å². The maximum Gasteiger partial charge on any atom is 0.221 e. The Morgan fingerprint density at radius 2 is 2.29 bits per heavy atom. The van der Waals surface area contributed by atoms with Crippen molar-refractivity contribution in [3.8, 4) is 0 Å². The van der Waals surface area contributed by atoms with E-state index >= 15 is 0 Å². The van der Waals surface area contributed by atoms with Gasteiger partial charge in [-0.1, -0.05) is 6.07 Å². The first-order valence-corrected chi connectivity index (χ1v) is 7.89. The van der Waals surface area contributed by atoms with Crippen molar-refractivity contribution in [3.63, 3.8) is 0 Å². The number of nitrogens with zero attached hydrogens (tertiary/aromatic N) is 2. The summed E-state index contributed by atoms with van der Waals surface area (Å²) in [6.45, 7) is 3.17. The van der Waals surface area contributed by atoms with Gasteiger partial charge in [-0.3, -0.25) is 14.6 Å². The second kappa shape index (κ2) is 9.47. The summed E-state index contributed by atoms with van der Waals surface area (Å²) in [5, 5.41) is 4.87. The van der Waals surface area contributed by atoms with E-state index in [1.165, 1.54) is 0 Å². The predicted octanol–water partition coefficient (Wildman–Crippen LogP) is 1.94. The zero-order valence-electron chi connectivity index (χ0n) is 12.6. The molecular formula is C16H25N3O2. The van der Waals surface area contributed by atoms with Crippen LogP contribution in [0.4, 0.5) is 0 Å². The summed E-state index contributed by atoms with van der Waals surface area (Å²) in [4.78, 5) is 21.5. The highest BCUT2D eigenvalue weighted by Crippen LogP contribution is 2.06. The number of aromatic nitrogens is 1. The summed E-state index contributed by atoms with van der Waals surface area (Å²) in [6.07, 6.45) is 7.63. The molecule has 1 aromatic rings. The van der Waals surface area contributed by atoms with E-state index in [4.69, 9.17) is 4.84 Å². The van der Waals surface area contributed by atoms with E-state index in [9.17, 15) is 4.79 Å². The summed E-state index contributed by atoms with van der Waals surface area (Å²) in [5.41, 5.74) is 1.12. The second-order valence-corrected chi connectivity index (χ2v) is 5.35. The molecule has 5 heteroatoms. The van der Waals surface area contributed by atoms with Crippen LogP contribution in [0.1, 0.15) is 37.8 Å². The summed E-state index contributed by atoms with van der Waals surface area (Å²) in [5.74, 6) is 0.113. The maximum absolute atomic E-state index is 11.7. The summed E-state index contributed by atoms with van der Waals surface area (Å²) in [7, 11) is 0. The van der Waals surface area contributed by atoms with Gasteiger partial charge in [0.15, 0.2) is 0 Å². The molecule has 1 aliphatic heterocycles. The van der Waals surface area contributed by atoms with Crippen LogP contribution in [0.25, 0.3) is 0 Å². The lowest BCUT2D eigenvalue weighted by molar-refractivity contribution is -0.181. The maximum atomic E-state index is 11.7. The van der Waals surface area contributed by atoms with Crippen LogP contribution in [0, 0.1) is 0 Å². The monoisotopic (exact) mass is 291 g/mol. The lowest BCUT2D eigenvalue weighted by Crippen LogP contribution is -2.34. The van der Waals surface area contributed by atoms with E-state index in [-0.39, 0.29) is 5.91 Å². The Balaban J connectivity index is 1.47. The van der Waals surface area contributed by atoms with Crippen molar-refractivity contribution >= 4 is 5.91 Å². The van der Waals surface area contributed by atoms with Gasteiger partial charge in [-0.15, -0.1) is 0 Å². The first-order valence-electron chi connectivity index (χ1n) is 7.89. The minimum atomic E-state index is 0.113. The summed E-state index contributed by atoms with van der Waals surface area (Å²) < 4.78 is 0. The smallest absolute Gasteiger partial charge is 0.221 e. The quantitative estimate of drug-likeness (QED) is 0.744. The zero-order chi connectivity index (χ0) is 14.8. The van der Waals surface area contributed by atoms with Crippen LogP contribution >= 0.6 is 0 Å². The van der Waals surface area contributed by atoms with Gasteiger partial charge < -0.3 is 5.32 Å². The van der Waals surface area contributed by atoms with Crippen LogP contribution in [0.5, 0.6) is 0 Å². The summed E-state index contributed by atoms with van der Waals surface area (Å²) in [6, 6.07) is 5.97. The van der Waals surface area contributed by atoms with E-state index in [2.05, 4.69) is 10.3 Å². The van der Waals surface area contributed by atoms with Crippen LogP contribution in [0.15, 0.2) is 24.4 Å². The molecule has 116 valence electrons. The first-order chi connectivity index (χ1) is 10.3. The van der Waals surface area contributed by atoms with Crippen LogP contribution < -0.4 is 5.32 Å². The Kier molecular flexibility index (Phi) is 7.18. The topological polar surface area (TPSA) is 54.5 Å². The molecule has 2 rings (SSSR count). The number of pyridine rings is 1. The highest BCUT2D eigenvalue weighted by atomic mass is 16.7. The highest BCUT2D eigenvalue weighted by molar-refractivity contribution is 5.75. The van der Waals surface area contributed by atoms with Crippen LogP contribution in [-0.4, -0.2) is 42.2 Å². The Hall–Kier alpha value is -1.46. The van der Waals surface area contributed by atoms with Gasteiger partial charge in [-0.25, -0.2) is 0 Å². The molecule has 2 heterocycles. The van der Waals surface area contributed by atoms with E-state index in [1.54, 1.807) is 0 Å². The summed E-state index contributed by atoms with van der Waals surface area (Å²) >= 11 is 0. The molecule has 0 bridgehead atoms. The molecule has 5 nitrogen and oxygen atoms in total. The van der Waals surface area contributed by atoms with Gasteiger partial charge in [0.1, 0.15) is 0 Å². The predicted molar refractivity (Wildman–Crippen MR) is 81.6 cm³/mol. The molecule has 1 amide bonds. The van der Waals surface area contributed by atoms with Crippen molar-refractivity contribution in [2.24, 2.45) is 0 Å². The molecule has 0 radical (unpaired) electrons. The van der Waals surface area contributed by atoms with Crippen LogP contribution in [0.3, 0.4) is 0 Å². The molecule has 0 saturated carbocycles. The number of hydroxylamine groups is 2. The molecule has 0 atom stereocenters. The van der Waals surface area contributed by atoms with Gasteiger partial charge in [-0.2, -0.15) is 5.06 Å². The molecule has 1 aromatic heterocycles. The number of hydrogen-bond donors (Lipinski definition) is 1. The second-order valence-electron chi connectivity index (χ2n) is 5.35. The Morgan fingerprint density at radius 1 is 1.33 bits per heavy atom. The van der Waals surface area contributed by atoms with E-state index in [0.29, 0.717) is 13.0 Å². The van der Waals surface area contributed by atoms with Gasteiger partial charge in [0.25, 0.3) is 0 Å². The van der Waals surface area contributed by atoms with Gasteiger partial charge in [0.05, 0.1) is 6.61 Å².